The van der Waals surface area contributed by atoms with Crippen LogP contribution in [0.4, 0.5) is 5.69 Å². The Balaban J connectivity index is 1.79. The van der Waals surface area contributed by atoms with E-state index in [9.17, 15) is 4.79 Å². The molecule has 2 aromatic carbocycles. The monoisotopic (exact) mass is 344 g/mol. The standard InChI is InChI=1S/C17H13ClN2O2S/c18-13-8-12(5-6-14(13)19)15-9-23-16(20-15)7-10-1-3-11(4-2-10)17(21)22/h1-6,8-9H,7,19H2,(H,21,22). The van der Waals surface area contributed by atoms with Gasteiger partial charge in [-0.1, -0.05) is 29.8 Å². The Morgan fingerprint density at radius 3 is 2.61 bits per heavy atom. The van der Waals surface area contributed by atoms with Gasteiger partial charge < -0.3 is 10.8 Å². The first kappa shape index (κ1) is 15.5. The summed E-state index contributed by atoms with van der Waals surface area (Å²) in [6.45, 7) is 0. The third-order valence-electron chi connectivity index (χ3n) is 3.40. The fourth-order valence-corrected chi connectivity index (χ4v) is 3.17. The number of carbonyl (C=O) groups is 1. The first-order valence-electron chi connectivity index (χ1n) is 6.85. The topological polar surface area (TPSA) is 76.2 Å². The molecule has 6 heteroatoms. The Morgan fingerprint density at radius 1 is 1.22 bits per heavy atom. The average Bonchev–Trinajstić information content (AvgIpc) is 2.99. The molecule has 0 bridgehead atoms. The van der Waals surface area contributed by atoms with Gasteiger partial charge in [-0.2, -0.15) is 0 Å². The number of nitrogens with zero attached hydrogens (tertiary/aromatic N) is 1. The van der Waals surface area contributed by atoms with Gasteiger partial charge in [0, 0.05) is 17.4 Å². The number of thiazole rings is 1. The lowest BCUT2D eigenvalue weighted by atomic mass is 10.1. The average molecular weight is 345 g/mol. The van der Waals surface area contributed by atoms with Gasteiger partial charge in [-0.15, -0.1) is 11.3 Å². The number of anilines is 1. The molecule has 3 rings (SSSR count). The summed E-state index contributed by atoms with van der Waals surface area (Å²) in [6, 6.07) is 12.3. The maximum Gasteiger partial charge on any atom is 0.335 e. The lowest BCUT2D eigenvalue weighted by molar-refractivity contribution is 0.0697. The summed E-state index contributed by atoms with van der Waals surface area (Å²) < 4.78 is 0. The van der Waals surface area contributed by atoms with Crippen LogP contribution in [0.3, 0.4) is 0 Å². The lowest BCUT2D eigenvalue weighted by Crippen LogP contribution is -1.96. The highest BCUT2D eigenvalue weighted by atomic mass is 35.5. The first-order chi connectivity index (χ1) is 11.0. The van der Waals surface area contributed by atoms with Crippen molar-refractivity contribution in [3.63, 3.8) is 0 Å². The van der Waals surface area contributed by atoms with Crippen molar-refractivity contribution in [2.24, 2.45) is 0 Å². The molecule has 0 fully saturated rings. The third kappa shape index (κ3) is 3.52. The van der Waals surface area contributed by atoms with Crippen LogP contribution in [0.15, 0.2) is 47.8 Å². The van der Waals surface area contributed by atoms with Crippen molar-refractivity contribution in [3.05, 3.63) is 69.0 Å². The molecule has 4 nitrogen and oxygen atoms in total. The van der Waals surface area contributed by atoms with E-state index in [1.54, 1.807) is 35.6 Å². The minimum absolute atomic E-state index is 0.282. The van der Waals surface area contributed by atoms with E-state index < -0.39 is 5.97 Å². The zero-order valence-corrected chi connectivity index (χ0v) is 13.6. The number of halogens is 1. The Morgan fingerprint density at radius 2 is 1.96 bits per heavy atom. The largest absolute Gasteiger partial charge is 0.478 e. The van der Waals surface area contributed by atoms with Crippen molar-refractivity contribution in [1.29, 1.82) is 0 Å². The van der Waals surface area contributed by atoms with E-state index in [4.69, 9.17) is 22.4 Å². The van der Waals surface area contributed by atoms with E-state index in [1.165, 1.54) is 0 Å². The molecule has 0 aliphatic carbocycles. The molecule has 0 saturated carbocycles. The van der Waals surface area contributed by atoms with Crippen LogP contribution in [-0.4, -0.2) is 16.1 Å². The van der Waals surface area contributed by atoms with Crippen LogP contribution in [0.25, 0.3) is 11.3 Å². The maximum absolute atomic E-state index is 10.9. The van der Waals surface area contributed by atoms with Crippen LogP contribution in [0.5, 0.6) is 0 Å². The van der Waals surface area contributed by atoms with E-state index in [2.05, 4.69) is 4.98 Å². The highest BCUT2D eigenvalue weighted by Gasteiger charge is 2.08. The minimum atomic E-state index is -0.923. The molecular weight excluding hydrogens is 332 g/mol. The van der Waals surface area contributed by atoms with Gasteiger partial charge in [0.2, 0.25) is 0 Å². The fraction of sp³-hybridized carbons (Fsp3) is 0.0588. The molecule has 0 atom stereocenters. The lowest BCUT2D eigenvalue weighted by Gasteiger charge is -2.01. The summed E-state index contributed by atoms with van der Waals surface area (Å²) in [5.74, 6) is -0.923. The molecule has 1 aromatic heterocycles. The number of hydrogen-bond acceptors (Lipinski definition) is 4. The van der Waals surface area contributed by atoms with Gasteiger partial charge in [0.05, 0.1) is 27.0 Å². The second-order valence-electron chi connectivity index (χ2n) is 5.04. The number of carboxylic acids is 1. The smallest absolute Gasteiger partial charge is 0.335 e. The van der Waals surface area contributed by atoms with Crippen molar-refractivity contribution in [2.75, 3.05) is 5.73 Å². The Kier molecular flexibility index (Phi) is 4.32. The van der Waals surface area contributed by atoms with Crippen molar-refractivity contribution >= 4 is 34.6 Å². The quantitative estimate of drug-likeness (QED) is 0.690. The van der Waals surface area contributed by atoms with Crippen LogP contribution < -0.4 is 5.73 Å². The molecule has 1 heterocycles. The molecule has 0 amide bonds. The predicted octanol–water partition coefficient (Wildman–Crippen LogP) is 4.33. The van der Waals surface area contributed by atoms with Crippen molar-refractivity contribution in [3.8, 4) is 11.3 Å². The summed E-state index contributed by atoms with van der Waals surface area (Å²) in [7, 11) is 0. The molecule has 3 N–H and O–H groups in total. The highest BCUT2D eigenvalue weighted by Crippen LogP contribution is 2.28. The molecule has 3 aromatic rings. The van der Waals surface area contributed by atoms with E-state index in [0.717, 1.165) is 21.8 Å². The van der Waals surface area contributed by atoms with Gasteiger partial charge in [0.1, 0.15) is 0 Å². The molecule has 23 heavy (non-hydrogen) atoms. The SMILES string of the molecule is Nc1ccc(-c2csc(Cc3ccc(C(=O)O)cc3)n2)cc1Cl. The molecule has 0 unspecified atom stereocenters. The van der Waals surface area contributed by atoms with Crippen LogP contribution >= 0.6 is 22.9 Å². The Hall–Kier alpha value is -2.37. The Bertz CT molecular complexity index is 859. The van der Waals surface area contributed by atoms with Gasteiger partial charge in [0.15, 0.2) is 0 Å². The van der Waals surface area contributed by atoms with Gasteiger partial charge in [-0.3, -0.25) is 0 Å². The molecule has 0 aliphatic rings. The number of aromatic carboxylic acids is 1. The molecule has 0 spiro atoms. The van der Waals surface area contributed by atoms with Crippen LogP contribution in [-0.2, 0) is 6.42 Å². The second-order valence-corrected chi connectivity index (χ2v) is 6.39. The number of aromatic nitrogens is 1. The van der Waals surface area contributed by atoms with Gasteiger partial charge in [-0.05, 0) is 29.8 Å². The normalized spacial score (nSPS) is 10.7. The van der Waals surface area contributed by atoms with Crippen molar-refractivity contribution < 1.29 is 9.90 Å². The summed E-state index contributed by atoms with van der Waals surface area (Å²) >= 11 is 7.60. The number of nitrogens with two attached hydrogens (primary N) is 1. The van der Waals surface area contributed by atoms with Crippen molar-refractivity contribution in [1.82, 2.24) is 4.98 Å². The van der Waals surface area contributed by atoms with E-state index >= 15 is 0 Å². The molecule has 0 aliphatic heterocycles. The number of benzene rings is 2. The van der Waals surface area contributed by atoms with E-state index in [0.29, 0.717) is 17.1 Å². The third-order valence-corrected chi connectivity index (χ3v) is 4.58. The number of nitrogen functional groups attached to an aromatic ring is 1. The molecule has 116 valence electrons. The van der Waals surface area contributed by atoms with E-state index in [1.807, 2.05) is 23.6 Å². The summed E-state index contributed by atoms with van der Waals surface area (Å²) in [4.78, 5) is 15.5. The zero-order valence-electron chi connectivity index (χ0n) is 12.0. The van der Waals surface area contributed by atoms with E-state index in [-0.39, 0.29) is 5.56 Å². The number of rotatable bonds is 4. The maximum atomic E-state index is 10.9. The number of carboxylic acid groups (broad SMARTS) is 1. The highest BCUT2D eigenvalue weighted by molar-refractivity contribution is 7.10. The molecule has 0 saturated heterocycles. The van der Waals surface area contributed by atoms with Gasteiger partial charge >= 0.3 is 5.97 Å². The minimum Gasteiger partial charge on any atom is -0.478 e. The molecule has 0 radical (unpaired) electrons. The summed E-state index contributed by atoms with van der Waals surface area (Å²) in [5.41, 5.74) is 9.34. The fourth-order valence-electron chi connectivity index (χ4n) is 2.15. The van der Waals surface area contributed by atoms with Crippen LogP contribution in [0.1, 0.15) is 20.9 Å². The predicted molar refractivity (Wildman–Crippen MR) is 93.2 cm³/mol. The number of hydrogen-bond donors (Lipinski definition) is 2. The first-order valence-corrected chi connectivity index (χ1v) is 8.11. The summed E-state index contributed by atoms with van der Waals surface area (Å²) in [5, 5.41) is 12.4. The second kappa shape index (κ2) is 6.40. The van der Waals surface area contributed by atoms with Gasteiger partial charge in [-0.25, -0.2) is 9.78 Å². The van der Waals surface area contributed by atoms with Crippen LogP contribution in [0, 0.1) is 0 Å². The van der Waals surface area contributed by atoms with Crippen molar-refractivity contribution in [2.45, 2.75) is 6.42 Å². The van der Waals surface area contributed by atoms with Crippen LogP contribution in [0.2, 0.25) is 5.02 Å². The van der Waals surface area contributed by atoms with Gasteiger partial charge in [0.25, 0.3) is 0 Å². The zero-order chi connectivity index (χ0) is 16.4. The Labute approximate surface area is 142 Å². The molecular formula is C17H13ClN2O2S. The summed E-state index contributed by atoms with van der Waals surface area (Å²) in [6.07, 6.45) is 0.660.